The van der Waals surface area contributed by atoms with E-state index < -0.39 is 0 Å². The molecule has 4 rings (SSSR count). The summed E-state index contributed by atoms with van der Waals surface area (Å²) in [5.41, 5.74) is 0.444. The number of benzene rings is 2. The highest BCUT2D eigenvalue weighted by Crippen LogP contribution is 2.31. The van der Waals surface area contributed by atoms with Crippen molar-refractivity contribution in [3.05, 3.63) is 42.0 Å². The van der Waals surface area contributed by atoms with Gasteiger partial charge in [-0.3, -0.25) is 0 Å². The van der Waals surface area contributed by atoms with Crippen molar-refractivity contribution in [3.8, 4) is 5.75 Å². The molecule has 0 aliphatic carbocycles. The molecule has 5 nitrogen and oxygen atoms in total. The standard InChI is InChI=1S/C17H16O5/c18-17(22-10-13-8-20-13)15-6-5-11-3-1-2-4-14(11)16(15)21-9-12-7-19-12/h1-6,12-13H,7-10H2. The molecule has 114 valence electrons. The van der Waals surface area contributed by atoms with E-state index in [-0.39, 0.29) is 24.8 Å². The Morgan fingerprint density at radius 1 is 1.05 bits per heavy atom. The molecule has 2 aromatic rings. The summed E-state index contributed by atoms with van der Waals surface area (Å²) in [6.45, 7) is 2.10. The summed E-state index contributed by atoms with van der Waals surface area (Å²) in [6, 6.07) is 11.5. The van der Waals surface area contributed by atoms with E-state index in [0.717, 1.165) is 10.8 Å². The number of hydrogen-bond acceptors (Lipinski definition) is 5. The van der Waals surface area contributed by atoms with E-state index in [2.05, 4.69) is 0 Å². The summed E-state index contributed by atoms with van der Waals surface area (Å²) in [5.74, 6) is 0.184. The monoisotopic (exact) mass is 300 g/mol. The van der Waals surface area contributed by atoms with Gasteiger partial charge >= 0.3 is 5.97 Å². The molecule has 5 heteroatoms. The van der Waals surface area contributed by atoms with Crippen molar-refractivity contribution in [2.75, 3.05) is 26.4 Å². The van der Waals surface area contributed by atoms with Gasteiger partial charge in [0.1, 0.15) is 36.7 Å². The zero-order chi connectivity index (χ0) is 14.9. The minimum Gasteiger partial charge on any atom is -0.489 e. The van der Waals surface area contributed by atoms with Crippen LogP contribution in [0.2, 0.25) is 0 Å². The average Bonchev–Trinajstić information content (AvgIpc) is 3.45. The van der Waals surface area contributed by atoms with Crippen LogP contribution in [0.5, 0.6) is 5.75 Å². The second-order valence-electron chi connectivity index (χ2n) is 5.48. The van der Waals surface area contributed by atoms with Gasteiger partial charge in [0.2, 0.25) is 0 Å². The van der Waals surface area contributed by atoms with Crippen LogP contribution < -0.4 is 4.74 Å². The first-order valence-electron chi connectivity index (χ1n) is 7.36. The van der Waals surface area contributed by atoms with Gasteiger partial charge in [-0.2, -0.15) is 0 Å². The Kier molecular flexibility index (Phi) is 3.44. The smallest absolute Gasteiger partial charge is 0.342 e. The minimum atomic E-state index is -0.382. The van der Waals surface area contributed by atoms with E-state index in [4.69, 9.17) is 18.9 Å². The van der Waals surface area contributed by atoms with Crippen LogP contribution in [-0.2, 0) is 14.2 Å². The molecule has 2 heterocycles. The molecule has 2 atom stereocenters. The number of rotatable bonds is 6. The zero-order valence-electron chi connectivity index (χ0n) is 12.0. The van der Waals surface area contributed by atoms with Crippen molar-refractivity contribution in [1.29, 1.82) is 0 Å². The zero-order valence-corrected chi connectivity index (χ0v) is 12.0. The molecule has 0 radical (unpaired) electrons. The van der Waals surface area contributed by atoms with E-state index in [0.29, 0.717) is 31.1 Å². The first-order valence-corrected chi connectivity index (χ1v) is 7.36. The Bertz CT molecular complexity index is 703. The van der Waals surface area contributed by atoms with Gasteiger partial charge in [-0.25, -0.2) is 4.79 Å². The van der Waals surface area contributed by atoms with Crippen molar-refractivity contribution in [2.45, 2.75) is 12.2 Å². The van der Waals surface area contributed by atoms with Gasteiger partial charge in [0.05, 0.1) is 13.2 Å². The molecule has 0 spiro atoms. The number of fused-ring (bicyclic) bond motifs is 1. The second-order valence-corrected chi connectivity index (χ2v) is 5.48. The van der Waals surface area contributed by atoms with Crippen LogP contribution in [0.4, 0.5) is 0 Å². The first kappa shape index (κ1) is 13.5. The molecule has 2 saturated heterocycles. The number of carbonyl (C=O) groups excluding carboxylic acids is 1. The van der Waals surface area contributed by atoms with Crippen LogP contribution in [0.1, 0.15) is 10.4 Å². The van der Waals surface area contributed by atoms with Crippen molar-refractivity contribution in [3.63, 3.8) is 0 Å². The van der Waals surface area contributed by atoms with Gasteiger partial charge in [0.25, 0.3) is 0 Å². The lowest BCUT2D eigenvalue weighted by Gasteiger charge is -2.13. The normalized spacial score (nSPS) is 22.4. The highest BCUT2D eigenvalue weighted by Gasteiger charge is 2.27. The maximum absolute atomic E-state index is 12.3. The molecular weight excluding hydrogens is 284 g/mol. The Morgan fingerprint density at radius 3 is 2.55 bits per heavy atom. The number of hydrogen-bond donors (Lipinski definition) is 0. The number of esters is 1. The quantitative estimate of drug-likeness (QED) is 0.604. The van der Waals surface area contributed by atoms with E-state index >= 15 is 0 Å². The van der Waals surface area contributed by atoms with Crippen LogP contribution in [0.3, 0.4) is 0 Å². The van der Waals surface area contributed by atoms with Crippen LogP contribution >= 0.6 is 0 Å². The summed E-state index contributed by atoms with van der Waals surface area (Å²) >= 11 is 0. The molecule has 0 bridgehead atoms. The molecule has 22 heavy (non-hydrogen) atoms. The fourth-order valence-corrected chi connectivity index (χ4v) is 2.31. The third-order valence-electron chi connectivity index (χ3n) is 3.72. The third-order valence-corrected chi connectivity index (χ3v) is 3.72. The molecular formula is C17H16O5. The highest BCUT2D eigenvalue weighted by molar-refractivity contribution is 6.01. The largest absolute Gasteiger partial charge is 0.489 e. The molecule has 0 aromatic heterocycles. The predicted molar refractivity (Wildman–Crippen MR) is 79.2 cm³/mol. The molecule has 0 saturated carbocycles. The van der Waals surface area contributed by atoms with E-state index in [1.54, 1.807) is 6.07 Å². The summed E-state index contributed by atoms with van der Waals surface area (Å²) in [4.78, 5) is 12.3. The van der Waals surface area contributed by atoms with Crippen molar-refractivity contribution < 1.29 is 23.7 Å². The number of epoxide rings is 2. The first-order chi connectivity index (χ1) is 10.8. The number of ether oxygens (including phenoxy) is 4. The lowest BCUT2D eigenvalue weighted by molar-refractivity contribution is 0.0472. The highest BCUT2D eigenvalue weighted by atomic mass is 16.6. The fraction of sp³-hybridized carbons (Fsp3) is 0.353. The van der Waals surface area contributed by atoms with Gasteiger partial charge in [-0.15, -0.1) is 0 Å². The van der Waals surface area contributed by atoms with E-state index in [9.17, 15) is 4.79 Å². The van der Waals surface area contributed by atoms with Crippen LogP contribution in [0.15, 0.2) is 36.4 Å². The van der Waals surface area contributed by atoms with Gasteiger partial charge in [0.15, 0.2) is 0 Å². The lowest BCUT2D eigenvalue weighted by atomic mass is 10.1. The van der Waals surface area contributed by atoms with Crippen molar-refractivity contribution in [2.24, 2.45) is 0 Å². The van der Waals surface area contributed by atoms with Gasteiger partial charge in [-0.05, 0) is 11.5 Å². The Labute approximate surface area is 127 Å². The molecule has 2 aromatic carbocycles. The van der Waals surface area contributed by atoms with Gasteiger partial charge in [0, 0.05) is 5.39 Å². The Hall–Kier alpha value is -2.11. The van der Waals surface area contributed by atoms with Crippen molar-refractivity contribution in [1.82, 2.24) is 0 Å². The van der Waals surface area contributed by atoms with E-state index in [1.807, 2.05) is 30.3 Å². The summed E-state index contributed by atoms with van der Waals surface area (Å²) in [5, 5.41) is 1.93. The van der Waals surface area contributed by atoms with Crippen molar-refractivity contribution >= 4 is 16.7 Å². The SMILES string of the molecule is O=C(OCC1CO1)c1ccc2ccccc2c1OCC1CO1. The topological polar surface area (TPSA) is 60.6 Å². The van der Waals surface area contributed by atoms with Crippen LogP contribution in [0, 0.1) is 0 Å². The summed E-state index contributed by atoms with van der Waals surface area (Å²) in [7, 11) is 0. The average molecular weight is 300 g/mol. The third kappa shape index (κ3) is 2.91. The molecule has 2 unspecified atom stereocenters. The fourth-order valence-electron chi connectivity index (χ4n) is 2.31. The van der Waals surface area contributed by atoms with Crippen LogP contribution in [-0.4, -0.2) is 44.6 Å². The summed E-state index contributed by atoms with van der Waals surface area (Å²) in [6.07, 6.45) is 0.177. The predicted octanol–water partition coefficient (Wildman–Crippen LogP) is 2.17. The molecule has 2 aliphatic heterocycles. The number of carbonyl (C=O) groups is 1. The molecule has 0 amide bonds. The second kappa shape index (κ2) is 5.59. The van der Waals surface area contributed by atoms with E-state index in [1.165, 1.54) is 0 Å². The maximum Gasteiger partial charge on any atom is 0.342 e. The molecule has 2 aliphatic rings. The summed E-state index contributed by atoms with van der Waals surface area (Å²) < 4.78 is 21.4. The van der Waals surface area contributed by atoms with Crippen LogP contribution in [0.25, 0.3) is 10.8 Å². The molecule has 2 fully saturated rings. The Balaban J connectivity index is 1.64. The van der Waals surface area contributed by atoms with Gasteiger partial charge < -0.3 is 18.9 Å². The Morgan fingerprint density at radius 2 is 1.77 bits per heavy atom. The lowest BCUT2D eigenvalue weighted by Crippen LogP contribution is -2.13. The molecule has 0 N–H and O–H groups in total. The minimum absolute atomic E-state index is 0.0497. The maximum atomic E-state index is 12.3. The van der Waals surface area contributed by atoms with Gasteiger partial charge in [-0.1, -0.05) is 30.3 Å².